The number of rotatable bonds is 3. The number of carboxylic acid groups (broad SMARTS) is 1. The molecule has 0 bridgehead atoms. The van der Waals surface area contributed by atoms with E-state index in [0.717, 1.165) is 13.0 Å². The van der Waals surface area contributed by atoms with Gasteiger partial charge < -0.3 is 5.11 Å². The zero-order chi connectivity index (χ0) is 19.1. The van der Waals surface area contributed by atoms with Gasteiger partial charge in [0, 0.05) is 9.75 Å². The van der Waals surface area contributed by atoms with Gasteiger partial charge in [-0.3, -0.25) is 0 Å². The van der Waals surface area contributed by atoms with Crippen LogP contribution in [0.25, 0.3) is 6.08 Å². The number of aryl methyl sites for hydroxylation is 1. The highest BCUT2D eigenvalue weighted by Gasteiger charge is 2.61. The van der Waals surface area contributed by atoms with Gasteiger partial charge in [-0.2, -0.15) is 40.4 Å². The van der Waals surface area contributed by atoms with Gasteiger partial charge in [0.05, 0.1) is 11.1 Å². The van der Waals surface area contributed by atoms with E-state index in [1.54, 1.807) is 0 Å². The van der Waals surface area contributed by atoms with Crippen molar-refractivity contribution in [2.24, 2.45) is 0 Å². The number of hydrogen-bond donors (Lipinski definition) is 1. The number of nitrogens with zero attached hydrogens (tertiary/aromatic N) is 1. The highest BCUT2D eigenvalue weighted by molar-refractivity contribution is 7.13. The molecular formula is C12H5F8NO2S. The molecule has 0 atom stereocenters. The van der Waals surface area contributed by atoms with Crippen LogP contribution in [-0.4, -0.2) is 23.4 Å². The van der Waals surface area contributed by atoms with E-state index in [-0.39, 0.29) is 17.4 Å². The van der Waals surface area contributed by atoms with Crippen molar-refractivity contribution >= 4 is 23.4 Å². The molecule has 0 aliphatic heterocycles. The van der Waals surface area contributed by atoms with Crippen molar-refractivity contribution in [3.63, 3.8) is 0 Å². The third-order valence-electron chi connectivity index (χ3n) is 2.70. The lowest BCUT2D eigenvalue weighted by Crippen LogP contribution is -2.34. The Morgan fingerprint density at radius 1 is 1.17 bits per heavy atom. The minimum Gasteiger partial charge on any atom is -0.478 e. The molecule has 1 heterocycles. The molecule has 24 heavy (non-hydrogen) atoms. The molecule has 0 saturated heterocycles. The predicted molar refractivity (Wildman–Crippen MR) is 65.4 cm³/mol. The van der Waals surface area contributed by atoms with Crippen molar-refractivity contribution in [3.8, 4) is 6.07 Å². The fraction of sp³-hybridized carbons (Fsp3) is 0.333. The Bertz CT molecular complexity index is 736. The van der Waals surface area contributed by atoms with Gasteiger partial charge in [-0.05, 0) is 13.0 Å². The van der Waals surface area contributed by atoms with Crippen molar-refractivity contribution in [2.45, 2.75) is 25.2 Å². The first-order chi connectivity index (χ1) is 10.6. The largest absolute Gasteiger partial charge is 0.478 e. The lowest BCUT2D eigenvalue weighted by atomic mass is 10.0. The molecule has 0 aliphatic rings. The number of carbonyl (C=O) groups is 1. The zero-order valence-electron chi connectivity index (χ0n) is 11.3. The molecule has 0 fully saturated rings. The maximum Gasteiger partial charge on any atom is 0.458 e. The van der Waals surface area contributed by atoms with Crippen LogP contribution in [0.5, 0.6) is 0 Å². The second kappa shape index (κ2) is 6.04. The number of carboxylic acids is 1. The summed E-state index contributed by atoms with van der Waals surface area (Å²) in [5, 5.41) is 17.2. The summed E-state index contributed by atoms with van der Waals surface area (Å²) in [6, 6.07) is 1.08. The van der Waals surface area contributed by atoms with Crippen LogP contribution in [0.15, 0.2) is 5.57 Å². The summed E-state index contributed by atoms with van der Waals surface area (Å²) in [6.07, 6.45) is -12.0. The minimum atomic E-state index is -6.18. The maximum atomic E-state index is 13.6. The van der Waals surface area contributed by atoms with Gasteiger partial charge in [0.2, 0.25) is 0 Å². The SMILES string of the molecule is Cc1sc(/C=C(/C(=O)O)C(F)(F)F)c(C(F)(F)C(F)(F)F)c1C#N. The summed E-state index contributed by atoms with van der Waals surface area (Å²) in [4.78, 5) is 8.90. The quantitative estimate of drug-likeness (QED) is 0.616. The summed E-state index contributed by atoms with van der Waals surface area (Å²) in [6.45, 7) is 0.949. The molecule has 0 radical (unpaired) electrons. The van der Waals surface area contributed by atoms with Crippen LogP contribution in [0.4, 0.5) is 35.1 Å². The first kappa shape index (κ1) is 19.9. The number of aliphatic carboxylic acids is 1. The van der Waals surface area contributed by atoms with E-state index in [1.807, 2.05) is 0 Å². The first-order valence-corrected chi connectivity index (χ1v) is 6.47. The zero-order valence-corrected chi connectivity index (χ0v) is 12.1. The molecule has 3 nitrogen and oxygen atoms in total. The van der Waals surface area contributed by atoms with Gasteiger partial charge in [-0.1, -0.05) is 0 Å². The number of halogens is 8. The van der Waals surface area contributed by atoms with Crippen molar-refractivity contribution in [1.29, 1.82) is 5.26 Å². The summed E-state index contributed by atoms with van der Waals surface area (Å²) < 4.78 is 103. The molecule has 132 valence electrons. The molecule has 0 unspecified atom stereocenters. The molecule has 0 amide bonds. The molecule has 1 rings (SSSR count). The maximum absolute atomic E-state index is 13.6. The van der Waals surface area contributed by atoms with Crippen molar-refractivity contribution in [3.05, 3.63) is 26.5 Å². The van der Waals surface area contributed by atoms with E-state index >= 15 is 0 Å². The van der Waals surface area contributed by atoms with E-state index in [0.29, 0.717) is 0 Å². The Balaban J connectivity index is 3.82. The normalized spacial score (nSPS) is 13.8. The standard InChI is InChI=1S/C12H5F8NO2S/c1-4-5(3-21)8(10(13,14)12(18,19)20)7(24-4)2-6(9(22)23)11(15,16)17/h2H,1H3,(H,22,23)/b6-2-. The van der Waals surface area contributed by atoms with Gasteiger partial charge in [0.15, 0.2) is 0 Å². The van der Waals surface area contributed by atoms with Gasteiger partial charge >= 0.3 is 24.2 Å². The fourth-order valence-corrected chi connectivity index (χ4v) is 2.74. The van der Waals surface area contributed by atoms with Crippen LogP contribution >= 0.6 is 11.3 Å². The Morgan fingerprint density at radius 2 is 1.67 bits per heavy atom. The molecule has 1 aromatic rings. The molecule has 0 saturated carbocycles. The second-order valence-electron chi connectivity index (χ2n) is 4.32. The third-order valence-corrected chi connectivity index (χ3v) is 3.76. The van der Waals surface area contributed by atoms with Crippen LogP contribution in [0, 0.1) is 18.3 Å². The lowest BCUT2D eigenvalue weighted by molar-refractivity contribution is -0.289. The number of thiophene rings is 1. The van der Waals surface area contributed by atoms with Gasteiger partial charge in [0.1, 0.15) is 11.6 Å². The monoisotopic (exact) mass is 379 g/mol. The third kappa shape index (κ3) is 3.50. The molecule has 0 aliphatic carbocycles. The van der Waals surface area contributed by atoms with Crippen LogP contribution in [0.3, 0.4) is 0 Å². The predicted octanol–water partition coefficient (Wildman–Crippen LogP) is 4.61. The van der Waals surface area contributed by atoms with Gasteiger partial charge in [0.25, 0.3) is 0 Å². The summed E-state index contributed by atoms with van der Waals surface area (Å²) in [5.74, 6) is -8.20. The topological polar surface area (TPSA) is 61.1 Å². The fourth-order valence-electron chi connectivity index (χ4n) is 1.65. The van der Waals surface area contributed by atoms with E-state index < -0.39 is 50.7 Å². The number of nitriles is 1. The van der Waals surface area contributed by atoms with Crippen molar-refractivity contribution < 1.29 is 45.0 Å². The minimum absolute atomic E-state index is 0.0282. The Kier molecular flexibility index (Phi) is 5.01. The Morgan fingerprint density at radius 3 is 2.00 bits per heavy atom. The molecule has 12 heteroatoms. The molecular weight excluding hydrogens is 374 g/mol. The van der Waals surface area contributed by atoms with Crippen molar-refractivity contribution in [2.75, 3.05) is 0 Å². The average molecular weight is 379 g/mol. The summed E-state index contributed by atoms with van der Waals surface area (Å²) >= 11 is 0.0282. The van der Waals surface area contributed by atoms with E-state index in [9.17, 15) is 39.9 Å². The highest BCUT2D eigenvalue weighted by atomic mass is 32.1. The van der Waals surface area contributed by atoms with Gasteiger partial charge in [-0.25, -0.2) is 4.79 Å². The molecule has 1 N–H and O–H groups in total. The molecule has 1 aromatic heterocycles. The number of hydrogen-bond acceptors (Lipinski definition) is 3. The molecule has 0 aromatic carbocycles. The van der Waals surface area contributed by atoms with E-state index in [2.05, 4.69) is 0 Å². The van der Waals surface area contributed by atoms with Crippen LogP contribution in [-0.2, 0) is 10.7 Å². The number of alkyl halides is 8. The lowest BCUT2D eigenvalue weighted by Gasteiger charge is -2.20. The average Bonchev–Trinajstić information content (AvgIpc) is 2.69. The van der Waals surface area contributed by atoms with E-state index in [1.165, 1.54) is 0 Å². The second-order valence-corrected chi connectivity index (χ2v) is 5.57. The van der Waals surface area contributed by atoms with Gasteiger partial charge in [-0.15, -0.1) is 11.3 Å². The Hall–Kier alpha value is -2.16. The summed E-state index contributed by atoms with van der Waals surface area (Å²) in [7, 11) is 0. The van der Waals surface area contributed by atoms with Crippen LogP contribution in [0.1, 0.15) is 20.9 Å². The molecule has 0 spiro atoms. The van der Waals surface area contributed by atoms with Crippen molar-refractivity contribution in [1.82, 2.24) is 0 Å². The van der Waals surface area contributed by atoms with Crippen LogP contribution in [0.2, 0.25) is 0 Å². The van der Waals surface area contributed by atoms with E-state index in [4.69, 9.17) is 10.4 Å². The smallest absolute Gasteiger partial charge is 0.458 e. The first-order valence-electron chi connectivity index (χ1n) is 5.65. The van der Waals surface area contributed by atoms with Crippen LogP contribution < -0.4 is 0 Å². The Labute approximate surface area is 132 Å². The highest BCUT2D eigenvalue weighted by Crippen LogP contribution is 2.49. The summed E-state index contributed by atoms with van der Waals surface area (Å²) in [5.41, 5.74) is -5.49.